The molecule has 0 spiro atoms. The minimum Gasteiger partial charge on any atom is -0.461 e. The van der Waals surface area contributed by atoms with E-state index in [9.17, 15) is 10.1 Å². The zero-order chi connectivity index (χ0) is 17.6. The van der Waals surface area contributed by atoms with Crippen molar-refractivity contribution in [1.29, 1.82) is 5.26 Å². The molecule has 0 saturated heterocycles. The van der Waals surface area contributed by atoms with Gasteiger partial charge in [0.2, 0.25) is 0 Å². The molecule has 0 aliphatic heterocycles. The maximum Gasteiger partial charge on any atom is 0.357 e. The van der Waals surface area contributed by atoms with Gasteiger partial charge in [-0.2, -0.15) is 5.26 Å². The Bertz CT molecular complexity index is 929. The molecule has 0 bridgehead atoms. The van der Waals surface area contributed by atoms with E-state index in [1.807, 2.05) is 60.7 Å². The van der Waals surface area contributed by atoms with Crippen molar-refractivity contribution in [2.75, 3.05) is 6.61 Å². The lowest BCUT2D eigenvalue weighted by atomic mass is 9.98. The Hall–Kier alpha value is -3.45. The largest absolute Gasteiger partial charge is 0.461 e. The molecule has 2 aromatic carbocycles. The maximum absolute atomic E-state index is 12.5. The second kappa shape index (κ2) is 7.41. The second-order valence-electron chi connectivity index (χ2n) is 5.35. The molecule has 0 saturated carbocycles. The fourth-order valence-corrected chi connectivity index (χ4v) is 2.61. The Morgan fingerprint density at radius 1 is 1.04 bits per heavy atom. The Morgan fingerprint density at radius 2 is 1.64 bits per heavy atom. The first-order valence-electron chi connectivity index (χ1n) is 7.97. The first kappa shape index (κ1) is 16.4. The van der Waals surface area contributed by atoms with Crippen molar-refractivity contribution in [3.05, 3.63) is 78.0 Å². The smallest absolute Gasteiger partial charge is 0.357 e. The van der Waals surface area contributed by atoms with Gasteiger partial charge in [-0.15, -0.1) is 0 Å². The fourth-order valence-electron chi connectivity index (χ4n) is 2.61. The van der Waals surface area contributed by atoms with Gasteiger partial charge in [0.15, 0.2) is 5.69 Å². The van der Waals surface area contributed by atoms with E-state index in [2.05, 4.69) is 11.1 Å². The van der Waals surface area contributed by atoms with Crippen LogP contribution in [0.4, 0.5) is 0 Å². The van der Waals surface area contributed by atoms with Gasteiger partial charge in [0.05, 0.1) is 17.9 Å². The Labute approximate surface area is 146 Å². The summed E-state index contributed by atoms with van der Waals surface area (Å²) in [6.07, 6.45) is 0. The molecule has 0 N–H and O–H groups in total. The van der Waals surface area contributed by atoms with Gasteiger partial charge in [-0.3, -0.25) is 0 Å². The molecular formula is C21H16N2O2. The molecule has 3 aromatic rings. The Morgan fingerprint density at radius 3 is 2.20 bits per heavy atom. The minimum atomic E-state index is -0.497. The normalized spacial score (nSPS) is 10.1. The molecule has 1 aromatic heterocycles. The van der Waals surface area contributed by atoms with Crippen LogP contribution >= 0.6 is 0 Å². The van der Waals surface area contributed by atoms with E-state index >= 15 is 0 Å². The van der Waals surface area contributed by atoms with Gasteiger partial charge in [-0.05, 0) is 18.6 Å². The third-order valence-corrected chi connectivity index (χ3v) is 3.74. The molecule has 0 unspecified atom stereocenters. The van der Waals surface area contributed by atoms with Crippen molar-refractivity contribution in [3.63, 3.8) is 0 Å². The summed E-state index contributed by atoms with van der Waals surface area (Å²) in [7, 11) is 0. The van der Waals surface area contributed by atoms with Crippen molar-refractivity contribution < 1.29 is 9.53 Å². The van der Waals surface area contributed by atoms with E-state index in [0.29, 0.717) is 16.8 Å². The van der Waals surface area contributed by atoms with Crippen LogP contribution in [-0.2, 0) is 4.74 Å². The predicted octanol–water partition coefficient (Wildman–Crippen LogP) is 4.46. The predicted molar refractivity (Wildman–Crippen MR) is 95.8 cm³/mol. The minimum absolute atomic E-state index is 0.214. The van der Waals surface area contributed by atoms with Gasteiger partial charge in [-0.25, -0.2) is 9.78 Å². The van der Waals surface area contributed by atoms with Crippen LogP contribution in [-0.4, -0.2) is 17.6 Å². The molecule has 0 aliphatic rings. The van der Waals surface area contributed by atoms with Gasteiger partial charge < -0.3 is 4.74 Å². The third kappa shape index (κ3) is 3.41. The van der Waals surface area contributed by atoms with Crippen LogP contribution in [0, 0.1) is 11.3 Å². The highest BCUT2D eigenvalue weighted by Gasteiger charge is 2.20. The molecule has 0 radical (unpaired) electrons. The number of hydrogen-bond donors (Lipinski definition) is 0. The topological polar surface area (TPSA) is 63.0 Å². The fraction of sp³-hybridized carbons (Fsp3) is 0.0952. The van der Waals surface area contributed by atoms with Crippen molar-refractivity contribution in [3.8, 4) is 28.5 Å². The van der Waals surface area contributed by atoms with E-state index in [4.69, 9.17) is 4.74 Å². The highest BCUT2D eigenvalue weighted by Crippen LogP contribution is 2.30. The standard InChI is InChI=1S/C21H16N2O2/c1-2-25-21(24)20-18(15-9-5-3-6-10-15)13-17(14-22)19(23-20)16-11-7-4-8-12-16/h3-13H,2H2,1H3. The van der Waals surface area contributed by atoms with E-state index in [1.165, 1.54) is 0 Å². The van der Waals surface area contributed by atoms with E-state index in [0.717, 1.165) is 11.1 Å². The van der Waals surface area contributed by atoms with Gasteiger partial charge in [0, 0.05) is 11.1 Å². The van der Waals surface area contributed by atoms with Crippen molar-refractivity contribution >= 4 is 5.97 Å². The molecule has 3 rings (SSSR count). The van der Waals surface area contributed by atoms with E-state index < -0.39 is 5.97 Å². The number of benzene rings is 2. The quantitative estimate of drug-likeness (QED) is 0.663. The highest BCUT2D eigenvalue weighted by atomic mass is 16.5. The summed E-state index contributed by atoms with van der Waals surface area (Å²) < 4.78 is 5.17. The van der Waals surface area contributed by atoms with Crippen LogP contribution in [0.5, 0.6) is 0 Å². The van der Waals surface area contributed by atoms with Crippen molar-refractivity contribution in [2.45, 2.75) is 6.92 Å². The number of rotatable bonds is 4. The number of carbonyl (C=O) groups is 1. The average Bonchev–Trinajstić information content (AvgIpc) is 2.68. The van der Waals surface area contributed by atoms with Gasteiger partial charge in [0.25, 0.3) is 0 Å². The molecule has 1 heterocycles. The summed E-state index contributed by atoms with van der Waals surface area (Å²) in [5.41, 5.74) is 3.29. The number of hydrogen-bond acceptors (Lipinski definition) is 4. The summed E-state index contributed by atoms with van der Waals surface area (Å²) in [6, 6.07) is 22.6. The van der Waals surface area contributed by atoms with Crippen LogP contribution in [0.25, 0.3) is 22.4 Å². The molecular weight excluding hydrogens is 312 g/mol. The van der Waals surface area contributed by atoms with Gasteiger partial charge >= 0.3 is 5.97 Å². The van der Waals surface area contributed by atoms with Crippen LogP contribution in [0.2, 0.25) is 0 Å². The van der Waals surface area contributed by atoms with Gasteiger partial charge in [-0.1, -0.05) is 60.7 Å². The number of nitriles is 1. The van der Waals surface area contributed by atoms with Crippen molar-refractivity contribution in [2.24, 2.45) is 0 Å². The molecule has 25 heavy (non-hydrogen) atoms. The van der Waals surface area contributed by atoms with Crippen LogP contribution in [0.15, 0.2) is 66.7 Å². The zero-order valence-electron chi connectivity index (χ0n) is 13.8. The second-order valence-corrected chi connectivity index (χ2v) is 5.35. The summed E-state index contributed by atoms with van der Waals surface area (Å²) in [5, 5.41) is 9.58. The van der Waals surface area contributed by atoms with Crippen LogP contribution < -0.4 is 0 Å². The van der Waals surface area contributed by atoms with Crippen LogP contribution in [0.1, 0.15) is 23.0 Å². The lowest BCUT2D eigenvalue weighted by Crippen LogP contribution is -2.11. The lowest BCUT2D eigenvalue weighted by molar-refractivity contribution is 0.0520. The third-order valence-electron chi connectivity index (χ3n) is 3.74. The first-order chi connectivity index (χ1) is 12.2. The Balaban J connectivity index is 2.26. The monoisotopic (exact) mass is 328 g/mol. The average molecular weight is 328 g/mol. The number of pyridine rings is 1. The van der Waals surface area contributed by atoms with Crippen LogP contribution in [0.3, 0.4) is 0 Å². The van der Waals surface area contributed by atoms with Crippen molar-refractivity contribution in [1.82, 2.24) is 4.98 Å². The lowest BCUT2D eigenvalue weighted by Gasteiger charge is -2.12. The summed E-state index contributed by atoms with van der Waals surface area (Å²) in [6.45, 7) is 2.01. The molecule has 0 atom stereocenters. The highest BCUT2D eigenvalue weighted by molar-refractivity contribution is 5.96. The molecule has 4 heteroatoms. The molecule has 0 aliphatic carbocycles. The SMILES string of the molecule is CCOC(=O)c1nc(-c2ccccc2)c(C#N)cc1-c1ccccc1. The summed E-state index contributed by atoms with van der Waals surface area (Å²) in [4.78, 5) is 17.0. The number of ether oxygens (including phenoxy) is 1. The number of nitrogens with zero attached hydrogens (tertiary/aromatic N) is 2. The molecule has 122 valence electrons. The zero-order valence-corrected chi connectivity index (χ0v) is 13.8. The first-order valence-corrected chi connectivity index (χ1v) is 7.97. The number of aromatic nitrogens is 1. The van der Waals surface area contributed by atoms with E-state index in [-0.39, 0.29) is 12.3 Å². The molecule has 4 nitrogen and oxygen atoms in total. The maximum atomic E-state index is 12.5. The van der Waals surface area contributed by atoms with Gasteiger partial charge in [0.1, 0.15) is 6.07 Å². The van der Waals surface area contributed by atoms with E-state index in [1.54, 1.807) is 13.0 Å². The number of carbonyl (C=O) groups excluding carboxylic acids is 1. The Kier molecular flexibility index (Phi) is 4.87. The summed E-state index contributed by atoms with van der Waals surface area (Å²) in [5.74, 6) is -0.497. The number of esters is 1. The molecule has 0 fully saturated rings. The summed E-state index contributed by atoms with van der Waals surface area (Å²) >= 11 is 0. The molecule has 0 amide bonds.